The molecule has 0 unspecified atom stereocenters. The first-order valence-electron chi connectivity index (χ1n) is 9.26. The van der Waals surface area contributed by atoms with Crippen molar-refractivity contribution in [2.75, 3.05) is 6.61 Å². The van der Waals surface area contributed by atoms with E-state index in [4.69, 9.17) is 9.84 Å². The van der Waals surface area contributed by atoms with Crippen molar-refractivity contribution in [1.29, 1.82) is 0 Å². The second-order valence-corrected chi connectivity index (χ2v) is 6.96. The van der Waals surface area contributed by atoms with Crippen LogP contribution in [0, 0.1) is 13.8 Å². The molecule has 0 heterocycles. The van der Waals surface area contributed by atoms with Crippen LogP contribution < -0.4 is 4.74 Å². The van der Waals surface area contributed by atoms with Crippen LogP contribution in [0.2, 0.25) is 0 Å². The van der Waals surface area contributed by atoms with Crippen molar-refractivity contribution in [1.82, 2.24) is 0 Å². The van der Waals surface area contributed by atoms with Crippen molar-refractivity contribution < 1.29 is 14.6 Å². The van der Waals surface area contributed by atoms with Gasteiger partial charge in [0.1, 0.15) is 12.4 Å². The number of ether oxygens (including phenoxy) is 1. The Morgan fingerprint density at radius 3 is 2.54 bits per heavy atom. The van der Waals surface area contributed by atoms with Crippen molar-refractivity contribution in [3.8, 4) is 5.75 Å². The smallest absolute Gasteiger partial charge is 0.303 e. The number of carbonyl (C=O) groups is 1. The molecule has 0 amide bonds. The molecule has 3 rings (SSSR count). The first-order chi connectivity index (χ1) is 12.6. The molecule has 0 aromatic heterocycles. The van der Waals surface area contributed by atoms with Crippen molar-refractivity contribution in [3.63, 3.8) is 0 Å². The molecule has 3 nitrogen and oxygen atoms in total. The molecular weight excluding hydrogens is 324 g/mol. The molecule has 0 bridgehead atoms. The summed E-state index contributed by atoms with van der Waals surface area (Å²) < 4.78 is 6.16. The van der Waals surface area contributed by atoms with Gasteiger partial charge in [0.05, 0.1) is 0 Å². The van der Waals surface area contributed by atoms with Crippen LogP contribution in [-0.2, 0) is 11.2 Å². The Morgan fingerprint density at radius 1 is 1.04 bits per heavy atom. The zero-order valence-corrected chi connectivity index (χ0v) is 15.5. The normalized spacial score (nSPS) is 13.9. The summed E-state index contributed by atoms with van der Waals surface area (Å²) in [5.74, 6) is 0.136. The van der Waals surface area contributed by atoms with E-state index in [0.717, 1.165) is 35.3 Å². The SMILES string of the molecule is Cc1c(CCC(=O)O)ccc(OCC2=C(c3ccccc3)CCC2)c1C. The molecule has 0 atom stereocenters. The van der Waals surface area contributed by atoms with E-state index >= 15 is 0 Å². The highest BCUT2D eigenvalue weighted by atomic mass is 16.5. The zero-order valence-electron chi connectivity index (χ0n) is 15.5. The van der Waals surface area contributed by atoms with Crippen LogP contribution >= 0.6 is 0 Å². The lowest BCUT2D eigenvalue weighted by molar-refractivity contribution is -0.136. The second kappa shape index (κ2) is 8.22. The minimum Gasteiger partial charge on any atom is -0.489 e. The summed E-state index contributed by atoms with van der Waals surface area (Å²) >= 11 is 0. The summed E-state index contributed by atoms with van der Waals surface area (Å²) in [7, 11) is 0. The summed E-state index contributed by atoms with van der Waals surface area (Å²) in [6.45, 7) is 4.72. The quantitative estimate of drug-likeness (QED) is 0.733. The van der Waals surface area contributed by atoms with Crippen molar-refractivity contribution >= 4 is 11.5 Å². The molecule has 0 saturated heterocycles. The van der Waals surface area contributed by atoms with E-state index in [-0.39, 0.29) is 6.42 Å². The summed E-state index contributed by atoms with van der Waals surface area (Å²) in [5.41, 5.74) is 7.45. The molecule has 1 aliphatic carbocycles. The number of benzene rings is 2. The van der Waals surface area contributed by atoms with Gasteiger partial charge in [0.25, 0.3) is 0 Å². The molecule has 0 aliphatic heterocycles. The van der Waals surface area contributed by atoms with Crippen LogP contribution in [0.1, 0.15) is 47.9 Å². The molecule has 136 valence electrons. The van der Waals surface area contributed by atoms with Gasteiger partial charge in [-0.2, -0.15) is 0 Å². The van der Waals surface area contributed by atoms with E-state index < -0.39 is 5.97 Å². The van der Waals surface area contributed by atoms with Crippen LogP contribution in [-0.4, -0.2) is 17.7 Å². The summed E-state index contributed by atoms with van der Waals surface area (Å²) in [6.07, 6.45) is 4.13. The molecule has 26 heavy (non-hydrogen) atoms. The number of rotatable bonds is 7. The Morgan fingerprint density at radius 2 is 1.81 bits per heavy atom. The van der Waals surface area contributed by atoms with E-state index in [1.165, 1.54) is 23.1 Å². The molecular formula is C23H26O3. The first kappa shape index (κ1) is 18.2. The maximum atomic E-state index is 10.8. The lowest BCUT2D eigenvalue weighted by Gasteiger charge is -2.15. The molecule has 0 spiro atoms. The molecule has 2 aromatic carbocycles. The van der Waals surface area contributed by atoms with E-state index in [1.54, 1.807) is 0 Å². The first-order valence-corrected chi connectivity index (χ1v) is 9.26. The van der Waals surface area contributed by atoms with Gasteiger partial charge >= 0.3 is 5.97 Å². The lowest BCUT2D eigenvalue weighted by atomic mass is 9.99. The number of aliphatic carboxylic acids is 1. The minimum atomic E-state index is -0.760. The number of aryl methyl sites for hydroxylation is 1. The Hall–Kier alpha value is -2.55. The van der Waals surface area contributed by atoms with Crippen molar-refractivity contribution in [3.05, 3.63) is 70.3 Å². The largest absolute Gasteiger partial charge is 0.489 e. The summed E-state index contributed by atoms with van der Waals surface area (Å²) in [4.78, 5) is 10.8. The van der Waals surface area contributed by atoms with Gasteiger partial charge in [0.15, 0.2) is 0 Å². The number of carboxylic acid groups (broad SMARTS) is 1. The van der Waals surface area contributed by atoms with Crippen LogP contribution in [0.4, 0.5) is 0 Å². The van der Waals surface area contributed by atoms with Gasteiger partial charge in [0, 0.05) is 6.42 Å². The predicted octanol–water partition coefficient (Wildman–Crippen LogP) is 5.34. The molecule has 0 radical (unpaired) electrons. The molecule has 0 fully saturated rings. The average Bonchev–Trinajstić information content (AvgIpc) is 3.11. The fraction of sp³-hybridized carbons (Fsp3) is 0.348. The summed E-state index contributed by atoms with van der Waals surface area (Å²) in [6, 6.07) is 14.6. The van der Waals surface area contributed by atoms with Crippen LogP contribution in [0.15, 0.2) is 48.0 Å². The second-order valence-electron chi connectivity index (χ2n) is 6.96. The highest BCUT2D eigenvalue weighted by molar-refractivity contribution is 5.70. The van der Waals surface area contributed by atoms with Gasteiger partial charge in [-0.3, -0.25) is 4.79 Å². The van der Waals surface area contributed by atoms with Gasteiger partial charge in [-0.05, 0) is 79.0 Å². The molecule has 1 N–H and O–H groups in total. The van der Waals surface area contributed by atoms with E-state index in [2.05, 4.69) is 31.2 Å². The fourth-order valence-electron chi connectivity index (χ4n) is 3.64. The molecule has 3 heteroatoms. The van der Waals surface area contributed by atoms with Crippen LogP contribution in [0.3, 0.4) is 0 Å². The maximum Gasteiger partial charge on any atom is 0.303 e. The van der Waals surface area contributed by atoms with Crippen LogP contribution in [0.25, 0.3) is 5.57 Å². The van der Waals surface area contributed by atoms with E-state index in [1.807, 2.05) is 25.1 Å². The maximum absolute atomic E-state index is 10.8. The van der Waals surface area contributed by atoms with Crippen LogP contribution in [0.5, 0.6) is 5.75 Å². The van der Waals surface area contributed by atoms with Gasteiger partial charge in [0.2, 0.25) is 0 Å². The van der Waals surface area contributed by atoms with E-state index in [9.17, 15) is 4.79 Å². The molecule has 0 saturated carbocycles. The monoisotopic (exact) mass is 350 g/mol. The standard InChI is InChI=1S/C23H26O3/c1-16-17(2)22(13-11-18(16)12-14-23(24)25)26-15-20-9-6-10-21(20)19-7-4-3-5-8-19/h3-5,7-8,11,13H,6,9-10,12,14-15H2,1-2H3,(H,24,25). The third kappa shape index (κ3) is 4.16. The van der Waals surface area contributed by atoms with Crippen molar-refractivity contribution in [2.24, 2.45) is 0 Å². The highest BCUT2D eigenvalue weighted by Gasteiger charge is 2.17. The number of hydrogen-bond acceptors (Lipinski definition) is 2. The minimum absolute atomic E-state index is 0.161. The number of carboxylic acids is 1. The lowest BCUT2D eigenvalue weighted by Crippen LogP contribution is -2.05. The number of allylic oxidation sites excluding steroid dienone is 1. The van der Waals surface area contributed by atoms with E-state index in [0.29, 0.717) is 13.0 Å². The topological polar surface area (TPSA) is 46.5 Å². The Bertz CT molecular complexity index is 819. The Balaban J connectivity index is 1.73. The molecule has 1 aliphatic rings. The molecule has 2 aromatic rings. The number of hydrogen-bond donors (Lipinski definition) is 1. The van der Waals surface area contributed by atoms with Gasteiger partial charge in [-0.15, -0.1) is 0 Å². The highest BCUT2D eigenvalue weighted by Crippen LogP contribution is 2.34. The average molecular weight is 350 g/mol. The predicted molar refractivity (Wildman–Crippen MR) is 105 cm³/mol. The van der Waals surface area contributed by atoms with Gasteiger partial charge < -0.3 is 9.84 Å². The summed E-state index contributed by atoms with van der Waals surface area (Å²) in [5, 5.41) is 8.88. The third-order valence-electron chi connectivity index (χ3n) is 5.31. The third-order valence-corrected chi connectivity index (χ3v) is 5.31. The van der Waals surface area contributed by atoms with Gasteiger partial charge in [-0.1, -0.05) is 36.4 Å². The zero-order chi connectivity index (χ0) is 18.5. The fourth-order valence-corrected chi connectivity index (χ4v) is 3.64. The Labute approximate surface area is 155 Å². The van der Waals surface area contributed by atoms with Gasteiger partial charge in [-0.25, -0.2) is 0 Å². The van der Waals surface area contributed by atoms with Crippen molar-refractivity contribution in [2.45, 2.75) is 46.0 Å². The Kier molecular flexibility index (Phi) is 5.77.